The van der Waals surface area contributed by atoms with E-state index in [9.17, 15) is 4.79 Å². The Kier molecular flexibility index (Phi) is 4.88. The maximum atomic E-state index is 12.1. The van der Waals surface area contributed by atoms with Crippen molar-refractivity contribution >= 4 is 17.2 Å². The quantitative estimate of drug-likeness (QED) is 0.843. The van der Waals surface area contributed by atoms with Crippen molar-refractivity contribution < 1.29 is 4.79 Å². The fourth-order valence-corrected chi connectivity index (χ4v) is 2.49. The maximum Gasteiger partial charge on any atom is 0.253 e. The lowest BCUT2D eigenvalue weighted by Gasteiger charge is -2.05. The van der Waals surface area contributed by atoms with Gasteiger partial charge in [0.2, 0.25) is 0 Å². The zero-order chi connectivity index (χ0) is 14.4. The number of nitrogens with two attached hydrogens (primary N) is 1. The van der Waals surface area contributed by atoms with Gasteiger partial charge < -0.3 is 11.1 Å². The first kappa shape index (κ1) is 14.3. The van der Waals surface area contributed by atoms with Crippen molar-refractivity contribution in [1.29, 1.82) is 0 Å². The number of pyridine rings is 1. The molecule has 2 aromatic heterocycles. The van der Waals surface area contributed by atoms with Gasteiger partial charge in [-0.25, -0.2) is 0 Å². The number of nitrogens with zero attached hydrogens (tertiary/aromatic N) is 1. The van der Waals surface area contributed by atoms with Crippen LogP contribution in [0.4, 0.5) is 0 Å². The molecule has 0 spiro atoms. The summed E-state index contributed by atoms with van der Waals surface area (Å²) in [5.74, 6) is 5.45. The average Bonchev–Trinajstić information content (AvgIpc) is 2.88. The molecular weight excluding hydrogens is 270 g/mol. The fraction of sp³-hybridized carbons (Fsp3) is 0.200. The molecule has 0 saturated heterocycles. The lowest BCUT2D eigenvalue weighted by Crippen LogP contribution is -2.23. The summed E-state index contributed by atoms with van der Waals surface area (Å²) in [6.45, 7) is 2.84. The molecule has 2 heterocycles. The van der Waals surface area contributed by atoms with Crippen LogP contribution >= 0.6 is 11.3 Å². The van der Waals surface area contributed by atoms with E-state index in [4.69, 9.17) is 5.73 Å². The standard InChI is InChI=1S/C15H15N3OS/c1-11-9-20-10-14(11)8-18-15(19)13-5-12(3-2-4-16)6-17-7-13/h5-7,9-10H,4,8,16H2,1H3,(H,18,19). The SMILES string of the molecule is Cc1cscc1CNC(=O)c1cncc(C#CCN)c1. The Hall–Kier alpha value is -2.16. The van der Waals surface area contributed by atoms with Crippen molar-refractivity contribution in [2.24, 2.45) is 5.73 Å². The average molecular weight is 285 g/mol. The minimum atomic E-state index is -0.153. The van der Waals surface area contributed by atoms with Crippen molar-refractivity contribution in [2.45, 2.75) is 13.5 Å². The van der Waals surface area contributed by atoms with Gasteiger partial charge in [0.15, 0.2) is 0 Å². The predicted octanol–water partition coefficient (Wildman–Crippen LogP) is 1.69. The first-order valence-electron chi connectivity index (χ1n) is 6.14. The Morgan fingerprint density at radius 3 is 3.00 bits per heavy atom. The van der Waals surface area contributed by atoms with Crippen molar-refractivity contribution in [3.8, 4) is 11.8 Å². The lowest BCUT2D eigenvalue weighted by molar-refractivity contribution is 0.0950. The zero-order valence-electron chi connectivity index (χ0n) is 11.1. The maximum absolute atomic E-state index is 12.1. The van der Waals surface area contributed by atoms with Crippen molar-refractivity contribution in [2.75, 3.05) is 6.54 Å². The van der Waals surface area contributed by atoms with Crippen LogP contribution in [0.25, 0.3) is 0 Å². The first-order chi connectivity index (χ1) is 9.70. The molecule has 0 bridgehead atoms. The molecule has 0 fully saturated rings. The van der Waals surface area contributed by atoms with Crippen molar-refractivity contribution in [1.82, 2.24) is 10.3 Å². The van der Waals surface area contributed by atoms with E-state index in [0.29, 0.717) is 17.7 Å². The van der Waals surface area contributed by atoms with E-state index < -0.39 is 0 Å². The molecular formula is C15H15N3OS. The second kappa shape index (κ2) is 6.85. The van der Waals surface area contributed by atoms with E-state index in [0.717, 1.165) is 5.56 Å². The number of thiophene rings is 1. The Balaban J connectivity index is 2.04. The molecule has 1 amide bonds. The molecule has 2 aromatic rings. The number of aromatic nitrogens is 1. The largest absolute Gasteiger partial charge is 0.348 e. The van der Waals surface area contributed by atoms with E-state index in [-0.39, 0.29) is 12.5 Å². The number of hydrogen-bond donors (Lipinski definition) is 2. The predicted molar refractivity (Wildman–Crippen MR) is 80.4 cm³/mol. The topological polar surface area (TPSA) is 68.0 Å². The molecule has 0 unspecified atom stereocenters. The van der Waals surface area contributed by atoms with Gasteiger partial charge in [-0.15, -0.1) is 0 Å². The summed E-state index contributed by atoms with van der Waals surface area (Å²) in [4.78, 5) is 16.1. The Morgan fingerprint density at radius 2 is 2.30 bits per heavy atom. The molecule has 0 aromatic carbocycles. The van der Waals surface area contributed by atoms with Crippen LogP contribution < -0.4 is 11.1 Å². The molecule has 0 saturated carbocycles. The fourth-order valence-electron chi connectivity index (χ4n) is 1.63. The van der Waals surface area contributed by atoms with Gasteiger partial charge in [0.25, 0.3) is 5.91 Å². The number of hydrogen-bond acceptors (Lipinski definition) is 4. The Labute approximate surface area is 122 Å². The van der Waals surface area contributed by atoms with Crippen LogP contribution in [0, 0.1) is 18.8 Å². The summed E-state index contributed by atoms with van der Waals surface area (Å²) in [5.41, 5.74) is 8.83. The molecule has 0 aliphatic heterocycles. The minimum absolute atomic E-state index is 0.153. The molecule has 0 atom stereocenters. The summed E-state index contributed by atoms with van der Waals surface area (Å²) >= 11 is 1.63. The molecule has 2 rings (SSSR count). The monoisotopic (exact) mass is 285 g/mol. The number of aryl methyl sites for hydroxylation is 1. The molecule has 0 aliphatic rings. The van der Waals surface area contributed by atoms with Crippen LogP contribution in [-0.4, -0.2) is 17.4 Å². The van der Waals surface area contributed by atoms with Crippen LogP contribution in [0.15, 0.2) is 29.2 Å². The smallest absolute Gasteiger partial charge is 0.253 e. The number of carbonyl (C=O) groups is 1. The van der Waals surface area contributed by atoms with Gasteiger partial charge in [-0.05, 0) is 34.9 Å². The molecule has 102 valence electrons. The lowest BCUT2D eigenvalue weighted by atomic mass is 10.2. The van der Waals surface area contributed by atoms with Crippen LogP contribution in [0.2, 0.25) is 0 Å². The summed E-state index contributed by atoms with van der Waals surface area (Å²) in [7, 11) is 0. The van der Waals surface area contributed by atoms with E-state index in [1.807, 2.05) is 12.3 Å². The number of nitrogens with one attached hydrogen (secondary N) is 1. The molecule has 3 N–H and O–H groups in total. The van der Waals surface area contributed by atoms with Gasteiger partial charge in [-0.3, -0.25) is 9.78 Å². The summed E-state index contributed by atoms with van der Waals surface area (Å²) < 4.78 is 0. The first-order valence-corrected chi connectivity index (χ1v) is 7.09. The summed E-state index contributed by atoms with van der Waals surface area (Å²) in [5, 5.41) is 6.98. The third kappa shape index (κ3) is 3.67. The summed E-state index contributed by atoms with van der Waals surface area (Å²) in [6, 6.07) is 1.71. The molecule has 5 heteroatoms. The van der Waals surface area contributed by atoms with Crippen molar-refractivity contribution in [3.63, 3.8) is 0 Å². The van der Waals surface area contributed by atoms with Gasteiger partial charge in [0.1, 0.15) is 0 Å². The number of amides is 1. The van der Waals surface area contributed by atoms with Gasteiger partial charge in [-0.1, -0.05) is 11.8 Å². The van der Waals surface area contributed by atoms with E-state index >= 15 is 0 Å². The van der Waals surface area contributed by atoms with Gasteiger partial charge >= 0.3 is 0 Å². The number of rotatable bonds is 3. The van der Waals surface area contributed by atoms with Gasteiger partial charge in [0.05, 0.1) is 12.1 Å². The molecule has 0 aliphatic carbocycles. The molecule has 20 heavy (non-hydrogen) atoms. The highest BCUT2D eigenvalue weighted by Crippen LogP contribution is 2.13. The second-order valence-corrected chi connectivity index (χ2v) is 4.97. The minimum Gasteiger partial charge on any atom is -0.348 e. The Bertz CT molecular complexity index is 667. The molecule has 4 nitrogen and oxygen atoms in total. The second-order valence-electron chi connectivity index (χ2n) is 4.23. The van der Waals surface area contributed by atoms with Gasteiger partial charge in [0, 0.05) is 24.5 Å². The Morgan fingerprint density at radius 1 is 1.45 bits per heavy atom. The van der Waals surface area contributed by atoms with Crippen LogP contribution in [0.3, 0.4) is 0 Å². The van der Waals surface area contributed by atoms with E-state index in [2.05, 4.69) is 27.5 Å². The third-order valence-corrected chi connectivity index (χ3v) is 3.65. The van der Waals surface area contributed by atoms with E-state index in [1.165, 1.54) is 11.8 Å². The van der Waals surface area contributed by atoms with Crippen LogP contribution in [0.5, 0.6) is 0 Å². The highest BCUT2D eigenvalue weighted by atomic mass is 32.1. The van der Waals surface area contributed by atoms with Crippen LogP contribution in [0.1, 0.15) is 27.0 Å². The zero-order valence-corrected chi connectivity index (χ0v) is 12.0. The summed E-state index contributed by atoms with van der Waals surface area (Å²) in [6.07, 6.45) is 3.14. The number of carbonyl (C=O) groups excluding carboxylic acids is 1. The third-order valence-electron chi connectivity index (χ3n) is 2.74. The van der Waals surface area contributed by atoms with Gasteiger partial charge in [-0.2, -0.15) is 11.3 Å². The highest BCUT2D eigenvalue weighted by molar-refractivity contribution is 7.08. The van der Waals surface area contributed by atoms with Crippen LogP contribution in [-0.2, 0) is 6.54 Å². The molecule has 0 radical (unpaired) electrons. The van der Waals surface area contributed by atoms with Crippen molar-refractivity contribution in [3.05, 3.63) is 51.5 Å². The highest BCUT2D eigenvalue weighted by Gasteiger charge is 2.07. The normalized spacial score (nSPS) is 9.70. The van der Waals surface area contributed by atoms with E-state index in [1.54, 1.807) is 23.6 Å².